The molecular formula is C22H20F3N3O5. The average Bonchev–Trinajstić information content (AvgIpc) is 3.21. The summed E-state index contributed by atoms with van der Waals surface area (Å²) in [6.45, 7) is 2.08. The van der Waals surface area contributed by atoms with E-state index in [0.717, 1.165) is 39.5 Å². The van der Waals surface area contributed by atoms with Crippen LogP contribution in [-0.2, 0) is 11.2 Å². The second-order valence-corrected chi connectivity index (χ2v) is 6.82. The number of aryl methyl sites for hydroxylation is 1. The fourth-order valence-corrected chi connectivity index (χ4v) is 3.27. The number of carboxylic acids is 1. The van der Waals surface area contributed by atoms with E-state index in [9.17, 15) is 18.3 Å². The maximum absolute atomic E-state index is 10.6. The van der Waals surface area contributed by atoms with Crippen molar-refractivity contribution in [3.63, 3.8) is 0 Å². The lowest BCUT2D eigenvalue weighted by Gasteiger charge is -2.13. The number of pyridine rings is 1. The Morgan fingerprint density at radius 1 is 1.06 bits per heavy atom. The van der Waals surface area contributed by atoms with Gasteiger partial charge in [-0.25, -0.2) is 9.78 Å². The number of ether oxygens (including phenoxy) is 2. The second kappa shape index (κ2) is 9.23. The molecule has 0 unspecified atom stereocenters. The van der Waals surface area contributed by atoms with E-state index in [-0.39, 0.29) is 5.75 Å². The lowest BCUT2D eigenvalue weighted by atomic mass is 9.99. The van der Waals surface area contributed by atoms with Crippen molar-refractivity contribution in [1.29, 1.82) is 0 Å². The van der Waals surface area contributed by atoms with Crippen molar-refractivity contribution in [2.75, 3.05) is 14.2 Å². The van der Waals surface area contributed by atoms with Crippen LogP contribution in [0.5, 0.6) is 17.2 Å². The minimum absolute atomic E-state index is 0.214. The van der Waals surface area contributed by atoms with Crippen molar-refractivity contribution >= 4 is 27.8 Å². The first kappa shape index (κ1) is 23.6. The Hall–Kier alpha value is -4.02. The number of phenols is 1. The van der Waals surface area contributed by atoms with Crippen LogP contribution in [0, 0.1) is 0 Å². The van der Waals surface area contributed by atoms with Crippen LogP contribution in [0.25, 0.3) is 33.1 Å². The lowest BCUT2D eigenvalue weighted by Crippen LogP contribution is -2.21. The van der Waals surface area contributed by atoms with Crippen LogP contribution in [0.4, 0.5) is 13.2 Å². The number of carboxylic acid groups (broad SMARTS) is 1. The highest BCUT2D eigenvalue weighted by Crippen LogP contribution is 2.40. The lowest BCUT2D eigenvalue weighted by molar-refractivity contribution is -0.192. The Balaban J connectivity index is 0.000000383. The molecule has 0 aliphatic heterocycles. The number of aromatic nitrogens is 3. The number of aromatic hydroxyl groups is 1. The van der Waals surface area contributed by atoms with Crippen LogP contribution in [0.15, 0.2) is 36.4 Å². The number of rotatable bonds is 4. The number of phenolic OH excluding ortho intramolecular Hbond substituents is 1. The predicted molar refractivity (Wildman–Crippen MR) is 115 cm³/mol. The van der Waals surface area contributed by atoms with Gasteiger partial charge in [0, 0.05) is 27.4 Å². The smallest absolute Gasteiger partial charge is 0.490 e. The van der Waals surface area contributed by atoms with Crippen LogP contribution in [0.1, 0.15) is 12.6 Å². The fourth-order valence-electron chi connectivity index (χ4n) is 3.27. The van der Waals surface area contributed by atoms with Crippen LogP contribution < -0.4 is 9.47 Å². The number of benzene rings is 2. The van der Waals surface area contributed by atoms with Crippen LogP contribution in [0.2, 0.25) is 0 Å². The molecule has 2 aromatic heterocycles. The van der Waals surface area contributed by atoms with Gasteiger partial charge in [-0.2, -0.15) is 18.3 Å². The molecule has 0 radical (unpaired) electrons. The number of hydrogen-bond acceptors (Lipinski definition) is 6. The van der Waals surface area contributed by atoms with E-state index in [1.807, 2.05) is 24.3 Å². The summed E-state index contributed by atoms with van der Waals surface area (Å²) < 4.78 is 42.7. The van der Waals surface area contributed by atoms with E-state index in [1.54, 1.807) is 26.4 Å². The second-order valence-electron chi connectivity index (χ2n) is 6.82. The number of fused-ring (bicyclic) bond motifs is 3. The topological polar surface area (TPSA) is 118 Å². The van der Waals surface area contributed by atoms with Gasteiger partial charge in [-0.3, -0.25) is 5.10 Å². The van der Waals surface area contributed by atoms with E-state index in [0.29, 0.717) is 17.1 Å². The molecule has 4 rings (SSSR count). The van der Waals surface area contributed by atoms with Crippen molar-refractivity contribution in [3.05, 3.63) is 42.1 Å². The first-order chi connectivity index (χ1) is 15.6. The van der Waals surface area contributed by atoms with Gasteiger partial charge < -0.3 is 19.7 Å². The van der Waals surface area contributed by atoms with Crippen molar-refractivity contribution in [1.82, 2.24) is 15.2 Å². The van der Waals surface area contributed by atoms with E-state index in [1.165, 1.54) is 0 Å². The Bertz CT molecular complexity index is 1300. The van der Waals surface area contributed by atoms with E-state index >= 15 is 0 Å². The quantitative estimate of drug-likeness (QED) is 0.402. The third kappa shape index (κ3) is 4.76. The zero-order chi connectivity index (χ0) is 24.3. The minimum Gasteiger partial charge on any atom is -0.508 e. The Morgan fingerprint density at radius 2 is 1.61 bits per heavy atom. The zero-order valence-corrected chi connectivity index (χ0v) is 17.8. The standard InChI is InChI=1S/C20H19N3O3.C2HF3O2/c1-4-15-18-13-9-16(25-2)17(26-3)10-14(13)19(21-20(18)23-22-15)11-5-7-12(24)8-6-11;3-2(4,5)1(6)7/h5-10,24H,4H2,1-3H3,(H,21,22,23);(H,6,7). The van der Waals surface area contributed by atoms with Crippen molar-refractivity contribution < 1.29 is 37.7 Å². The molecule has 0 aliphatic rings. The average molecular weight is 463 g/mol. The van der Waals surface area contributed by atoms with E-state index in [4.69, 9.17) is 24.4 Å². The largest absolute Gasteiger partial charge is 0.508 e. The molecule has 3 N–H and O–H groups in total. The molecule has 0 aliphatic carbocycles. The van der Waals surface area contributed by atoms with Gasteiger partial charge in [0.2, 0.25) is 0 Å². The number of carbonyl (C=O) groups is 1. The molecule has 0 spiro atoms. The van der Waals surface area contributed by atoms with Crippen LogP contribution >= 0.6 is 0 Å². The molecule has 0 fully saturated rings. The number of alkyl halides is 3. The number of aromatic amines is 1. The van der Waals surface area contributed by atoms with Crippen LogP contribution in [0.3, 0.4) is 0 Å². The summed E-state index contributed by atoms with van der Waals surface area (Å²) in [6.07, 6.45) is -4.26. The predicted octanol–water partition coefficient (Wildman–Crippen LogP) is 4.70. The van der Waals surface area contributed by atoms with E-state index in [2.05, 4.69) is 17.1 Å². The molecular weight excluding hydrogens is 443 g/mol. The summed E-state index contributed by atoms with van der Waals surface area (Å²) >= 11 is 0. The van der Waals surface area contributed by atoms with Gasteiger partial charge in [0.1, 0.15) is 5.75 Å². The molecule has 2 aromatic carbocycles. The summed E-state index contributed by atoms with van der Waals surface area (Å²) in [4.78, 5) is 13.7. The third-order valence-corrected chi connectivity index (χ3v) is 4.82. The third-order valence-electron chi connectivity index (χ3n) is 4.82. The first-order valence-corrected chi connectivity index (χ1v) is 9.62. The fraction of sp³-hybridized carbons (Fsp3) is 0.227. The van der Waals surface area contributed by atoms with Gasteiger partial charge >= 0.3 is 12.1 Å². The molecule has 174 valence electrons. The Kier molecular flexibility index (Phi) is 6.61. The Morgan fingerprint density at radius 3 is 2.09 bits per heavy atom. The molecule has 2 heterocycles. The van der Waals surface area contributed by atoms with Gasteiger partial charge in [-0.15, -0.1) is 0 Å². The highest BCUT2D eigenvalue weighted by Gasteiger charge is 2.38. The first-order valence-electron chi connectivity index (χ1n) is 9.62. The summed E-state index contributed by atoms with van der Waals surface area (Å²) in [5, 5.41) is 27.1. The molecule has 0 saturated carbocycles. The van der Waals surface area contributed by atoms with Crippen molar-refractivity contribution in [3.8, 4) is 28.5 Å². The maximum atomic E-state index is 10.6. The SMILES string of the molecule is CCc1[nH]nc2nc(-c3ccc(O)cc3)c3cc(OC)c(OC)cc3c12.O=C(O)C(F)(F)F. The molecule has 33 heavy (non-hydrogen) atoms. The normalized spacial score (nSPS) is 11.2. The Labute approximate surface area is 185 Å². The molecule has 11 heteroatoms. The van der Waals surface area contributed by atoms with Gasteiger partial charge in [0.05, 0.1) is 19.9 Å². The number of aliphatic carboxylic acids is 1. The summed E-state index contributed by atoms with van der Waals surface area (Å²) in [6, 6.07) is 10.9. The minimum atomic E-state index is -5.08. The van der Waals surface area contributed by atoms with Gasteiger partial charge in [-0.1, -0.05) is 6.92 Å². The summed E-state index contributed by atoms with van der Waals surface area (Å²) in [7, 11) is 3.24. The maximum Gasteiger partial charge on any atom is 0.490 e. The number of hydrogen-bond donors (Lipinski definition) is 3. The number of methoxy groups -OCH3 is 2. The molecule has 4 aromatic rings. The van der Waals surface area contributed by atoms with Crippen molar-refractivity contribution in [2.24, 2.45) is 0 Å². The zero-order valence-electron chi connectivity index (χ0n) is 17.8. The molecule has 0 amide bonds. The van der Waals surface area contributed by atoms with Crippen molar-refractivity contribution in [2.45, 2.75) is 19.5 Å². The highest BCUT2D eigenvalue weighted by molar-refractivity contribution is 6.12. The number of nitrogens with zero attached hydrogens (tertiary/aromatic N) is 2. The molecule has 0 saturated heterocycles. The van der Waals surface area contributed by atoms with E-state index < -0.39 is 12.1 Å². The summed E-state index contributed by atoms with van der Waals surface area (Å²) in [5.41, 5.74) is 3.36. The van der Waals surface area contributed by atoms with Gasteiger partial charge in [-0.05, 0) is 42.8 Å². The van der Waals surface area contributed by atoms with Gasteiger partial charge in [0.15, 0.2) is 17.1 Å². The monoisotopic (exact) mass is 463 g/mol. The number of nitrogens with one attached hydrogen (secondary N) is 1. The summed E-state index contributed by atoms with van der Waals surface area (Å²) in [5.74, 6) is -1.24. The number of H-pyrrole nitrogens is 1. The molecule has 8 nitrogen and oxygen atoms in total. The number of halogens is 3. The highest BCUT2D eigenvalue weighted by atomic mass is 19.4. The van der Waals surface area contributed by atoms with Crippen LogP contribution in [-0.4, -0.2) is 51.8 Å². The molecule has 0 atom stereocenters. The molecule has 0 bridgehead atoms. The van der Waals surface area contributed by atoms with Gasteiger partial charge in [0.25, 0.3) is 0 Å².